The van der Waals surface area contributed by atoms with Crippen molar-refractivity contribution in [1.29, 1.82) is 0 Å². The summed E-state index contributed by atoms with van der Waals surface area (Å²) in [7, 11) is -3.62. The van der Waals surface area contributed by atoms with Crippen molar-refractivity contribution in [2.24, 2.45) is 0 Å². The molecule has 1 aliphatic heterocycles. The van der Waals surface area contributed by atoms with E-state index in [9.17, 15) is 13.2 Å². The van der Waals surface area contributed by atoms with E-state index in [0.717, 1.165) is 19.4 Å². The van der Waals surface area contributed by atoms with Crippen LogP contribution in [0.5, 0.6) is 0 Å². The third-order valence-corrected chi connectivity index (χ3v) is 5.04. The summed E-state index contributed by atoms with van der Waals surface area (Å²) < 4.78 is 24.2. The van der Waals surface area contributed by atoms with Crippen molar-refractivity contribution < 1.29 is 13.2 Å². The van der Waals surface area contributed by atoms with Gasteiger partial charge in [0.2, 0.25) is 5.91 Å². The summed E-state index contributed by atoms with van der Waals surface area (Å²) in [4.78, 5) is 11.9. The van der Waals surface area contributed by atoms with Crippen LogP contribution in [0.2, 0.25) is 5.02 Å². The fourth-order valence-corrected chi connectivity index (χ4v) is 3.41. The van der Waals surface area contributed by atoms with Crippen LogP contribution >= 0.6 is 11.6 Å². The number of halogens is 1. The Labute approximate surface area is 123 Å². The molecule has 0 unspecified atom stereocenters. The molecule has 0 bridgehead atoms. The summed E-state index contributed by atoms with van der Waals surface area (Å²) in [5.41, 5.74) is 0. The van der Waals surface area contributed by atoms with Gasteiger partial charge in [0.1, 0.15) is 5.75 Å². The Balaban J connectivity index is 1.97. The lowest BCUT2D eigenvalue weighted by atomic mass is 10.1. The number of carbonyl (C=O) groups excluding carboxylic acids is 1. The summed E-state index contributed by atoms with van der Waals surface area (Å²) in [6, 6.07) is 5.83. The Morgan fingerprint density at radius 1 is 1.35 bits per heavy atom. The molecule has 1 fully saturated rings. The first-order valence-corrected chi connectivity index (χ1v) is 8.49. The number of piperidine rings is 1. The minimum atomic E-state index is -3.62. The molecule has 1 heterocycles. The third kappa shape index (κ3) is 4.19. The van der Waals surface area contributed by atoms with Gasteiger partial charge in [0.15, 0.2) is 9.84 Å². The summed E-state index contributed by atoms with van der Waals surface area (Å²) in [5.74, 6) is -1.00. The largest absolute Gasteiger partial charge is 0.351 e. The molecule has 1 amide bonds. The normalized spacial score (nSPS) is 19.6. The molecule has 0 aliphatic carbocycles. The van der Waals surface area contributed by atoms with Crippen LogP contribution in [-0.2, 0) is 14.6 Å². The van der Waals surface area contributed by atoms with Gasteiger partial charge in [-0.25, -0.2) is 8.42 Å². The maximum atomic E-state index is 12.1. The van der Waals surface area contributed by atoms with Crippen molar-refractivity contribution in [3.63, 3.8) is 0 Å². The van der Waals surface area contributed by atoms with E-state index in [2.05, 4.69) is 10.6 Å². The van der Waals surface area contributed by atoms with Crippen molar-refractivity contribution in [3.8, 4) is 0 Å². The molecule has 0 spiro atoms. The van der Waals surface area contributed by atoms with Crippen LogP contribution in [0, 0.1) is 0 Å². The van der Waals surface area contributed by atoms with Crippen molar-refractivity contribution in [2.75, 3.05) is 18.8 Å². The van der Waals surface area contributed by atoms with E-state index in [1.165, 1.54) is 24.3 Å². The number of nitrogens with one attached hydrogen (secondary N) is 2. The van der Waals surface area contributed by atoms with E-state index in [1.807, 2.05) is 0 Å². The van der Waals surface area contributed by atoms with Crippen LogP contribution in [-0.4, -0.2) is 39.2 Å². The topological polar surface area (TPSA) is 75.3 Å². The molecule has 1 aromatic rings. The lowest BCUT2D eigenvalue weighted by molar-refractivity contribution is -0.119. The van der Waals surface area contributed by atoms with Crippen LogP contribution in [0.1, 0.15) is 12.8 Å². The Morgan fingerprint density at radius 2 is 2.05 bits per heavy atom. The van der Waals surface area contributed by atoms with Gasteiger partial charge >= 0.3 is 0 Å². The Hall–Kier alpha value is -1.11. The van der Waals surface area contributed by atoms with E-state index < -0.39 is 21.5 Å². The SMILES string of the molecule is O=C(CS(=O)(=O)c1ccc(Cl)cc1)N[C@H]1CCCNC1. The van der Waals surface area contributed by atoms with Gasteiger partial charge in [0.25, 0.3) is 0 Å². The fraction of sp³-hybridized carbons (Fsp3) is 0.462. The highest BCUT2D eigenvalue weighted by Gasteiger charge is 2.22. The summed E-state index contributed by atoms with van der Waals surface area (Å²) >= 11 is 5.72. The molecule has 7 heteroatoms. The minimum Gasteiger partial charge on any atom is -0.351 e. The second-order valence-electron chi connectivity index (χ2n) is 4.82. The molecule has 110 valence electrons. The molecule has 2 rings (SSSR count). The Bertz CT molecular complexity index is 566. The lowest BCUT2D eigenvalue weighted by Crippen LogP contribution is -2.47. The maximum Gasteiger partial charge on any atom is 0.235 e. The predicted molar refractivity (Wildman–Crippen MR) is 77.5 cm³/mol. The van der Waals surface area contributed by atoms with Crippen LogP contribution in [0.15, 0.2) is 29.2 Å². The molecule has 1 aliphatic rings. The summed E-state index contributed by atoms with van der Waals surface area (Å²) in [6.07, 6.45) is 1.86. The van der Waals surface area contributed by atoms with Crippen LogP contribution < -0.4 is 10.6 Å². The van der Waals surface area contributed by atoms with Gasteiger partial charge in [0, 0.05) is 17.6 Å². The average Bonchev–Trinajstić information content (AvgIpc) is 2.39. The zero-order valence-electron chi connectivity index (χ0n) is 10.9. The highest BCUT2D eigenvalue weighted by Crippen LogP contribution is 2.15. The first-order chi connectivity index (χ1) is 9.47. The standard InChI is InChI=1S/C13H17ClN2O3S/c14-10-3-5-12(6-4-10)20(18,19)9-13(17)16-11-2-1-7-15-8-11/h3-6,11,15H,1-2,7-9H2,(H,16,17)/t11-/m0/s1. The number of amides is 1. The number of hydrogen-bond donors (Lipinski definition) is 2. The van der Waals surface area contributed by atoms with Crippen molar-refractivity contribution in [3.05, 3.63) is 29.3 Å². The first kappa shape index (κ1) is 15.3. The molecule has 5 nitrogen and oxygen atoms in total. The third-order valence-electron chi connectivity index (χ3n) is 3.16. The smallest absolute Gasteiger partial charge is 0.235 e. The highest BCUT2D eigenvalue weighted by molar-refractivity contribution is 7.92. The molecule has 2 N–H and O–H groups in total. The van der Waals surface area contributed by atoms with Gasteiger partial charge in [0.05, 0.1) is 4.90 Å². The molecule has 1 atom stereocenters. The monoisotopic (exact) mass is 316 g/mol. The molecule has 1 saturated heterocycles. The van der Waals surface area contributed by atoms with Crippen LogP contribution in [0.3, 0.4) is 0 Å². The quantitative estimate of drug-likeness (QED) is 0.868. The van der Waals surface area contributed by atoms with Crippen molar-refractivity contribution in [1.82, 2.24) is 10.6 Å². The molecule has 1 aromatic carbocycles. The van der Waals surface area contributed by atoms with Gasteiger partial charge in [-0.2, -0.15) is 0 Å². The zero-order valence-corrected chi connectivity index (χ0v) is 12.5. The van der Waals surface area contributed by atoms with Crippen LogP contribution in [0.4, 0.5) is 0 Å². The molecule has 0 saturated carbocycles. The lowest BCUT2D eigenvalue weighted by Gasteiger charge is -2.23. The van der Waals surface area contributed by atoms with Gasteiger partial charge in [-0.05, 0) is 43.7 Å². The molecular weight excluding hydrogens is 300 g/mol. The number of rotatable bonds is 4. The Morgan fingerprint density at radius 3 is 2.65 bits per heavy atom. The van der Waals surface area contributed by atoms with Crippen molar-refractivity contribution >= 4 is 27.3 Å². The molecule has 0 radical (unpaired) electrons. The van der Waals surface area contributed by atoms with Crippen molar-refractivity contribution in [2.45, 2.75) is 23.8 Å². The van der Waals surface area contributed by atoms with E-state index >= 15 is 0 Å². The van der Waals surface area contributed by atoms with Gasteiger partial charge in [-0.3, -0.25) is 4.79 Å². The fourth-order valence-electron chi connectivity index (χ4n) is 2.14. The number of sulfone groups is 1. The van der Waals surface area contributed by atoms with Gasteiger partial charge in [-0.15, -0.1) is 0 Å². The number of hydrogen-bond acceptors (Lipinski definition) is 4. The van der Waals surface area contributed by atoms with E-state index in [0.29, 0.717) is 11.6 Å². The van der Waals surface area contributed by atoms with Gasteiger partial charge in [-0.1, -0.05) is 11.6 Å². The van der Waals surface area contributed by atoms with E-state index in [4.69, 9.17) is 11.6 Å². The summed E-state index contributed by atoms with van der Waals surface area (Å²) in [5, 5.41) is 6.37. The second-order valence-corrected chi connectivity index (χ2v) is 7.25. The first-order valence-electron chi connectivity index (χ1n) is 6.46. The molecule has 0 aromatic heterocycles. The van der Waals surface area contributed by atoms with E-state index in [-0.39, 0.29) is 10.9 Å². The number of benzene rings is 1. The van der Waals surface area contributed by atoms with Crippen LogP contribution in [0.25, 0.3) is 0 Å². The predicted octanol–water partition coefficient (Wildman–Crippen LogP) is 0.982. The maximum absolute atomic E-state index is 12.1. The molecular formula is C13H17ClN2O3S. The zero-order chi connectivity index (χ0) is 14.6. The summed E-state index contributed by atoms with van der Waals surface area (Å²) in [6.45, 7) is 1.63. The second kappa shape index (κ2) is 6.56. The average molecular weight is 317 g/mol. The highest BCUT2D eigenvalue weighted by atomic mass is 35.5. The number of carbonyl (C=O) groups is 1. The minimum absolute atomic E-state index is 0.0108. The van der Waals surface area contributed by atoms with E-state index in [1.54, 1.807) is 0 Å². The van der Waals surface area contributed by atoms with Gasteiger partial charge < -0.3 is 10.6 Å². The Kier molecular flexibility index (Phi) is 5.01. The molecule has 20 heavy (non-hydrogen) atoms.